The topological polar surface area (TPSA) is 76.7 Å². The number of ether oxygens (including phenoxy) is 1. The fourth-order valence-electron chi connectivity index (χ4n) is 2.68. The second kappa shape index (κ2) is 6.58. The quantitative estimate of drug-likeness (QED) is 0.746. The molecule has 0 radical (unpaired) electrons. The molecule has 1 unspecified atom stereocenters. The molecule has 0 aliphatic rings. The maximum Gasteiger partial charge on any atom is 0.306 e. The molecule has 0 saturated carbocycles. The van der Waals surface area contributed by atoms with Gasteiger partial charge in [-0.15, -0.1) is 0 Å². The van der Waals surface area contributed by atoms with Crippen LogP contribution >= 0.6 is 0 Å². The summed E-state index contributed by atoms with van der Waals surface area (Å²) in [5.41, 5.74) is 0.593. The van der Waals surface area contributed by atoms with Crippen molar-refractivity contribution in [2.24, 2.45) is 0 Å². The van der Waals surface area contributed by atoms with Gasteiger partial charge in [0, 0.05) is 0 Å². The van der Waals surface area contributed by atoms with E-state index in [0.29, 0.717) is 11.0 Å². The number of para-hydroxylation sites is 1. The largest absolute Gasteiger partial charge is 0.502 e. The molecule has 3 aromatic rings. The summed E-state index contributed by atoms with van der Waals surface area (Å²) in [6, 6.07) is 15.8. The van der Waals surface area contributed by atoms with Crippen LogP contribution in [0, 0.1) is 0 Å². The molecule has 0 bridgehead atoms. The Labute approximate surface area is 138 Å². The number of hydrogen-bond donors (Lipinski definition) is 1. The molecule has 5 nitrogen and oxygen atoms in total. The second-order valence-electron chi connectivity index (χ2n) is 5.38. The minimum atomic E-state index is -0.615. The molecule has 0 aliphatic heterocycles. The summed E-state index contributed by atoms with van der Waals surface area (Å²) in [4.78, 5) is 24.2. The lowest BCUT2D eigenvalue weighted by Gasteiger charge is -2.17. The molecule has 3 rings (SSSR count). The van der Waals surface area contributed by atoms with Crippen molar-refractivity contribution in [2.75, 3.05) is 7.11 Å². The lowest BCUT2D eigenvalue weighted by Crippen LogP contribution is -2.13. The number of rotatable bonds is 4. The van der Waals surface area contributed by atoms with Crippen LogP contribution in [-0.4, -0.2) is 18.2 Å². The number of carbonyl (C=O) groups excluding carboxylic acids is 1. The monoisotopic (exact) mass is 324 g/mol. The van der Waals surface area contributed by atoms with Gasteiger partial charge in [0.05, 0.1) is 24.8 Å². The van der Waals surface area contributed by atoms with E-state index in [1.54, 1.807) is 24.3 Å². The SMILES string of the molecule is COC(=O)CC(c1ccccc1)c1oc2ccccc2c(=O)c1O. The highest BCUT2D eigenvalue weighted by atomic mass is 16.5. The summed E-state index contributed by atoms with van der Waals surface area (Å²) >= 11 is 0. The van der Waals surface area contributed by atoms with Crippen molar-refractivity contribution < 1.29 is 19.1 Å². The van der Waals surface area contributed by atoms with E-state index >= 15 is 0 Å². The number of esters is 1. The first-order valence-electron chi connectivity index (χ1n) is 7.48. The van der Waals surface area contributed by atoms with Crippen molar-refractivity contribution in [3.8, 4) is 5.75 Å². The maximum atomic E-state index is 12.4. The smallest absolute Gasteiger partial charge is 0.306 e. The van der Waals surface area contributed by atoms with E-state index in [1.807, 2.05) is 30.3 Å². The molecule has 1 aromatic heterocycles. The average molecular weight is 324 g/mol. The molecule has 2 aromatic carbocycles. The predicted molar refractivity (Wildman–Crippen MR) is 89.1 cm³/mol. The summed E-state index contributed by atoms with van der Waals surface area (Å²) in [6.45, 7) is 0. The van der Waals surface area contributed by atoms with Gasteiger partial charge in [0.1, 0.15) is 5.58 Å². The Morgan fingerprint density at radius 1 is 1.12 bits per heavy atom. The van der Waals surface area contributed by atoms with Crippen molar-refractivity contribution >= 4 is 16.9 Å². The minimum Gasteiger partial charge on any atom is -0.502 e. The molecule has 0 fully saturated rings. The average Bonchev–Trinajstić information content (AvgIpc) is 2.63. The molecule has 0 amide bonds. The molecule has 5 heteroatoms. The lowest BCUT2D eigenvalue weighted by atomic mass is 9.92. The van der Waals surface area contributed by atoms with Crippen molar-refractivity contribution in [3.63, 3.8) is 0 Å². The molecule has 0 aliphatic carbocycles. The zero-order chi connectivity index (χ0) is 17.1. The van der Waals surface area contributed by atoms with Gasteiger partial charge in [-0.3, -0.25) is 9.59 Å². The number of aromatic hydroxyl groups is 1. The summed E-state index contributed by atoms with van der Waals surface area (Å²) in [5.74, 6) is -1.49. The first kappa shape index (κ1) is 15.8. The van der Waals surface area contributed by atoms with Crippen LogP contribution in [0.1, 0.15) is 23.7 Å². The number of carbonyl (C=O) groups is 1. The first-order valence-corrected chi connectivity index (χ1v) is 7.48. The molecule has 122 valence electrons. The maximum absolute atomic E-state index is 12.4. The van der Waals surface area contributed by atoms with E-state index < -0.39 is 23.1 Å². The van der Waals surface area contributed by atoms with Crippen LogP contribution in [-0.2, 0) is 9.53 Å². The predicted octanol–water partition coefficient (Wildman–Crippen LogP) is 3.19. The molecule has 1 atom stereocenters. The highest BCUT2D eigenvalue weighted by Gasteiger charge is 2.26. The normalized spacial score (nSPS) is 12.0. The Bertz CT molecular complexity index is 927. The Balaban J connectivity index is 2.21. The van der Waals surface area contributed by atoms with Gasteiger partial charge in [0.15, 0.2) is 5.76 Å². The van der Waals surface area contributed by atoms with Gasteiger partial charge < -0.3 is 14.3 Å². The summed E-state index contributed by atoms with van der Waals surface area (Å²) in [6.07, 6.45) is -0.0463. The van der Waals surface area contributed by atoms with Gasteiger partial charge in [-0.2, -0.15) is 0 Å². The Hall–Kier alpha value is -3.08. The Morgan fingerprint density at radius 2 is 1.79 bits per heavy atom. The van der Waals surface area contributed by atoms with E-state index in [9.17, 15) is 14.7 Å². The Morgan fingerprint density at radius 3 is 2.50 bits per heavy atom. The van der Waals surface area contributed by atoms with Gasteiger partial charge in [-0.25, -0.2) is 0 Å². The summed E-state index contributed by atoms with van der Waals surface area (Å²) in [5, 5.41) is 10.6. The van der Waals surface area contributed by atoms with Gasteiger partial charge >= 0.3 is 5.97 Å². The third-order valence-corrected chi connectivity index (χ3v) is 3.92. The third kappa shape index (κ3) is 2.88. The van der Waals surface area contributed by atoms with E-state index in [0.717, 1.165) is 5.56 Å². The van der Waals surface area contributed by atoms with Gasteiger partial charge in [-0.1, -0.05) is 42.5 Å². The van der Waals surface area contributed by atoms with Crippen molar-refractivity contribution in [3.05, 3.63) is 76.1 Å². The van der Waals surface area contributed by atoms with Crippen LogP contribution in [0.2, 0.25) is 0 Å². The summed E-state index contributed by atoms with van der Waals surface area (Å²) in [7, 11) is 1.29. The standard InChI is InChI=1S/C19H16O5/c1-23-16(20)11-14(12-7-3-2-4-8-12)19-18(22)17(21)13-9-5-6-10-15(13)24-19/h2-10,14,22H,11H2,1H3. The van der Waals surface area contributed by atoms with E-state index in [4.69, 9.17) is 9.15 Å². The lowest BCUT2D eigenvalue weighted by molar-refractivity contribution is -0.140. The van der Waals surface area contributed by atoms with Crippen molar-refractivity contribution in [1.82, 2.24) is 0 Å². The van der Waals surface area contributed by atoms with Crippen LogP contribution in [0.3, 0.4) is 0 Å². The number of methoxy groups -OCH3 is 1. The van der Waals surface area contributed by atoms with Crippen LogP contribution in [0.15, 0.2) is 63.8 Å². The van der Waals surface area contributed by atoms with Crippen LogP contribution in [0.5, 0.6) is 5.75 Å². The van der Waals surface area contributed by atoms with Crippen molar-refractivity contribution in [2.45, 2.75) is 12.3 Å². The first-order chi connectivity index (χ1) is 11.6. The van der Waals surface area contributed by atoms with Crippen molar-refractivity contribution in [1.29, 1.82) is 0 Å². The number of fused-ring (bicyclic) bond motifs is 1. The van der Waals surface area contributed by atoms with Gasteiger partial charge in [0.2, 0.25) is 11.2 Å². The third-order valence-electron chi connectivity index (χ3n) is 3.92. The number of benzene rings is 2. The highest BCUT2D eigenvalue weighted by Crippen LogP contribution is 2.34. The fraction of sp³-hybridized carbons (Fsp3) is 0.158. The molecule has 24 heavy (non-hydrogen) atoms. The van der Waals surface area contributed by atoms with E-state index in [1.165, 1.54) is 7.11 Å². The molecule has 1 N–H and O–H groups in total. The molecular formula is C19H16O5. The zero-order valence-corrected chi connectivity index (χ0v) is 13.1. The molecular weight excluding hydrogens is 308 g/mol. The Kier molecular flexibility index (Phi) is 4.33. The zero-order valence-electron chi connectivity index (χ0n) is 13.1. The second-order valence-corrected chi connectivity index (χ2v) is 5.38. The highest BCUT2D eigenvalue weighted by molar-refractivity contribution is 5.78. The van der Waals surface area contributed by atoms with E-state index in [-0.39, 0.29) is 12.2 Å². The van der Waals surface area contributed by atoms with Crippen LogP contribution < -0.4 is 5.43 Å². The minimum absolute atomic E-state index is 0.0463. The van der Waals surface area contributed by atoms with Gasteiger partial charge in [-0.05, 0) is 17.7 Å². The van der Waals surface area contributed by atoms with Crippen LogP contribution in [0.4, 0.5) is 0 Å². The molecule has 1 heterocycles. The fourth-order valence-corrected chi connectivity index (χ4v) is 2.68. The van der Waals surface area contributed by atoms with E-state index in [2.05, 4.69) is 0 Å². The summed E-state index contributed by atoms with van der Waals surface area (Å²) < 4.78 is 10.5. The molecule has 0 saturated heterocycles. The number of hydrogen-bond acceptors (Lipinski definition) is 5. The van der Waals surface area contributed by atoms with Crippen LogP contribution in [0.25, 0.3) is 11.0 Å². The molecule has 0 spiro atoms. The van der Waals surface area contributed by atoms with Gasteiger partial charge in [0.25, 0.3) is 0 Å².